The van der Waals surface area contributed by atoms with Crippen LogP contribution in [-0.2, 0) is 0 Å². The van der Waals surface area contributed by atoms with Gasteiger partial charge in [-0.25, -0.2) is 0 Å². The quantitative estimate of drug-likeness (QED) is 0.339. The molecule has 0 fully saturated rings. The van der Waals surface area contributed by atoms with Crippen molar-refractivity contribution in [2.24, 2.45) is 0 Å². The molecule has 4 rings (SSSR count). The molecule has 0 N–H and O–H groups in total. The molecular weight excluding hydrogens is 351 g/mol. The van der Waals surface area contributed by atoms with Crippen LogP contribution in [0.15, 0.2) is 72.8 Å². The average Bonchev–Trinajstić information content (AvgIpc) is 3.07. The third-order valence-electron chi connectivity index (χ3n) is 4.60. The Morgan fingerprint density at radius 1 is 0.692 bits per heavy atom. The summed E-state index contributed by atoms with van der Waals surface area (Å²) < 4.78 is 1.42. The molecule has 0 radical (unpaired) electrons. The summed E-state index contributed by atoms with van der Waals surface area (Å²) in [5.74, 6) is 0. The van der Waals surface area contributed by atoms with Crippen LogP contribution in [0.5, 0.6) is 0 Å². The second kappa shape index (κ2) is 7.19. The predicted molar refractivity (Wildman–Crippen MR) is 117 cm³/mol. The van der Waals surface area contributed by atoms with Crippen molar-refractivity contribution in [3.8, 4) is 31.5 Å². The van der Waals surface area contributed by atoms with E-state index in [0.717, 1.165) is 0 Å². The van der Waals surface area contributed by atoms with Crippen LogP contribution in [0.1, 0.15) is 16.7 Å². The van der Waals surface area contributed by atoms with Gasteiger partial charge in [0.05, 0.1) is 4.61 Å². The molecule has 0 saturated carbocycles. The van der Waals surface area contributed by atoms with Crippen molar-refractivity contribution in [1.82, 2.24) is 0 Å². The van der Waals surface area contributed by atoms with E-state index in [1.807, 2.05) is 11.3 Å². The van der Waals surface area contributed by atoms with Crippen molar-refractivity contribution in [1.29, 1.82) is 0 Å². The highest BCUT2D eigenvalue weighted by molar-refractivity contribution is 7.51. The number of rotatable bonds is 3. The minimum Gasteiger partial charge on any atom is -0.129 e. The number of hydrogen-bond acceptors (Lipinski definition) is 1. The van der Waals surface area contributed by atoms with Crippen LogP contribution in [0, 0.1) is 20.8 Å². The minimum atomic E-state index is 1.31. The van der Waals surface area contributed by atoms with Crippen LogP contribution < -0.4 is 0 Å². The highest BCUT2D eigenvalue weighted by Gasteiger charge is 2.18. The fraction of sp³-hybridized carbons (Fsp3) is 0.125. The van der Waals surface area contributed by atoms with Crippen LogP contribution >= 0.6 is 19.5 Å². The Morgan fingerprint density at radius 3 is 1.81 bits per heavy atom. The molecule has 0 aliphatic rings. The maximum Gasteiger partial charge on any atom is 0.0626 e. The lowest BCUT2D eigenvalue weighted by atomic mass is 9.97. The summed E-state index contributed by atoms with van der Waals surface area (Å²) in [5.41, 5.74) is 8.12. The molecular formula is C24H21PS. The maximum atomic E-state index is 2.30. The van der Waals surface area contributed by atoms with Crippen LogP contribution in [0.25, 0.3) is 31.5 Å². The molecule has 0 aliphatic heterocycles. The first-order valence-corrected chi connectivity index (χ1v) is 10.5. The van der Waals surface area contributed by atoms with E-state index in [1.54, 1.807) is 0 Å². The molecule has 0 saturated heterocycles. The Morgan fingerprint density at radius 2 is 1.23 bits per heavy atom. The number of aryl methyl sites for hydroxylation is 3. The zero-order valence-electron chi connectivity index (χ0n) is 15.3. The number of hydrogen-bond donors (Lipinski definition) is 0. The Labute approximate surface area is 161 Å². The molecule has 0 bridgehead atoms. The highest BCUT2D eigenvalue weighted by Crippen LogP contribution is 2.52. The van der Waals surface area contributed by atoms with E-state index in [4.69, 9.17) is 0 Å². The van der Waals surface area contributed by atoms with E-state index in [0.29, 0.717) is 0 Å². The van der Waals surface area contributed by atoms with Gasteiger partial charge in [0, 0.05) is 10.2 Å². The van der Waals surface area contributed by atoms with Crippen LogP contribution in [0.2, 0.25) is 0 Å². The smallest absolute Gasteiger partial charge is 0.0626 e. The first-order chi connectivity index (χ1) is 12.6. The average molecular weight is 372 g/mol. The van der Waals surface area contributed by atoms with E-state index in [2.05, 4.69) is 93.6 Å². The molecule has 26 heavy (non-hydrogen) atoms. The fourth-order valence-corrected chi connectivity index (χ4v) is 6.61. The van der Waals surface area contributed by atoms with Crippen LogP contribution in [0.3, 0.4) is 0 Å². The lowest BCUT2D eigenvalue weighted by Gasteiger charge is -2.12. The van der Waals surface area contributed by atoms with E-state index in [9.17, 15) is 0 Å². The molecule has 0 aliphatic carbocycles. The van der Waals surface area contributed by atoms with Crippen LogP contribution in [-0.4, -0.2) is 0 Å². The molecule has 0 atom stereocenters. The summed E-state index contributed by atoms with van der Waals surface area (Å²) in [6.07, 6.45) is 0. The Balaban J connectivity index is 1.98. The van der Waals surface area contributed by atoms with Gasteiger partial charge in [-0.05, 0) is 56.8 Å². The zero-order valence-corrected chi connectivity index (χ0v) is 17.0. The van der Waals surface area contributed by atoms with E-state index in [-0.39, 0.29) is 0 Å². The standard InChI is InChI=1S/C24H21PS/c1-16-14-17(2)21(18(3)15-16)22-23(19-10-6-4-7-11-19)26-24(25-22)20-12-8-5-9-13-20/h4-15H,1-3H3. The zero-order chi connectivity index (χ0) is 18.1. The van der Waals surface area contributed by atoms with Crippen molar-refractivity contribution in [2.75, 3.05) is 0 Å². The SMILES string of the molecule is Cc1cc(C)c(-c2pc(-c3ccccc3)sc2-c2ccccc2)c(C)c1. The first kappa shape index (κ1) is 17.2. The molecule has 1 heterocycles. The van der Waals surface area contributed by atoms with Crippen molar-refractivity contribution >= 4 is 19.5 Å². The van der Waals surface area contributed by atoms with Gasteiger partial charge < -0.3 is 0 Å². The normalized spacial score (nSPS) is 11.2. The van der Waals surface area contributed by atoms with Crippen molar-refractivity contribution < 1.29 is 0 Å². The second-order valence-electron chi connectivity index (χ2n) is 6.70. The minimum absolute atomic E-state index is 1.31. The second-order valence-corrected chi connectivity index (χ2v) is 9.14. The summed E-state index contributed by atoms with van der Waals surface area (Å²) in [6, 6.07) is 26.2. The summed E-state index contributed by atoms with van der Waals surface area (Å²) in [5, 5.41) is 1.44. The van der Waals surface area contributed by atoms with Gasteiger partial charge in [-0.3, -0.25) is 0 Å². The Bertz CT molecular complexity index is 1020. The van der Waals surface area contributed by atoms with Crippen molar-refractivity contribution in [2.45, 2.75) is 20.8 Å². The first-order valence-electron chi connectivity index (χ1n) is 8.83. The van der Waals surface area contributed by atoms with Gasteiger partial charge in [0.25, 0.3) is 0 Å². The molecule has 4 aromatic rings. The van der Waals surface area contributed by atoms with E-state index >= 15 is 0 Å². The van der Waals surface area contributed by atoms with Gasteiger partial charge >= 0.3 is 0 Å². The lowest BCUT2D eigenvalue weighted by molar-refractivity contribution is 1.33. The van der Waals surface area contributed by atoms with Gasteiger partial charge in [-0.15, -0.1) is 11.3 Å². The monoisotopic (exact) mass is 372 g/mol. The summed E-state index contributed by atoms with van der Waals surface area (Å²) in [7, 11) is 1.31. The van der Waals surface area contributed by atoms with E-state index in [1.165, 1.54) is 56.4 Å². The van der Waals surface area contributed by atoms with Crippen molar-refractivity contribution in [3.05, 3.63) is 89.5 Å². The molecule has 0 amide bonds. The van der Waals surface area contributed by atoms with Crippen molar-refractivity contribution in [3.63, 3.8) is 0 Å². The lowest BCUT2D eigenvalue weighted by Crippen LogP contribution is -1.89. The van der Waals surface area contributed by atoms with Gasteiger partial charge in [0.15, 0.2) is 0 Å². The maximum absolute atomic E-state index is 2.30. The summed E-state index contributed by atoms with van der Waals surface area (Å²) >= 11 is 1.93. The third-order valence-corrected chi connectivity index (χ3v) is 7.50. The Kier molecular flexibility index (Phi) is 4.76. The van der Waals surface area contributed by atoms with E-state index < -0.39 is 0 Å². The predicted octanol–water partition coefficient (Wildman–Crippen LogP) is 8.25. The summed E-state index contributed by atoms with van der Waals surface area (Å²) in [4.78, 5) is 1.39. The highest BCUT2D eigenvalue weighted by atomic mass is 32.1. The van der Waals surface area contributed by atoms with Gasteiger partial charge in [0.2, 0.25) is 0 Å². The van der Waals surface area contributed by atoms with Gasteiger partial charge in [-0.2, -0.15) is 0 Å². The fourth-order valence-electron chi connectivity index (χ4n) is 3.53. The Hall–Kier alpha value is -2.21. The largest absolute Gasteiger partial charge is 0.129 e. The molecule has 3 aromatic carbocycles. The van der Waals surface area contributed by atoms with Gasteiger partial charge in [0.1, 0.15) is 0 Å². The number of benzene rings is 3. The molecule has 2 heteroatoms. The molecule has 0 unspecified atom stereocenters. The van der Waals surface area contributed by atoms with Gasteiger partial charge in [-0.1, -0.05) is 78.4 Å². The topological polar surface area (TPSA) is 0 Å². The molecule has 0 spiro atoms. The molecule has 1 aromatic heterocycles. The summed E-state index contributed by atoms with van der Waals surface area (Å²) in [6.45, 7) is 6.66. The van der Waals surface area contributed by atoms with Crippen LogP contribution in [0.4, 0.5) is 0 Å². The molecule has 0 nitrogen and oxygen atoms in total. The third kappa shape index (κ3) is 3.26. The molecule has 128 valence electrons.